The Morgan fingerprint density at radius 3 is 2.43 bits per heavy atom. The molecule has 0 heterocycles. The highest BCUT2D eigenvalue weighted by Crippen LogP contribution is 2.16. The van der Waals surface area contributed by atoms with Crippen LogP contribution in [0.15, 0.2) is 48.5 Å². The van der Waals surface area contributed by atoms with Crippen molar-refractivity contribution in [1.29, 1.82) is 0 Å². The third-order valence-electron chi connectivity index (χ3n) is 3.81. The van der Waals surface area contributed by atoms with Crippen molar-refractivity contribution in [2.45, 2.75) is 20.1 Å². The summed E-state index contributed by atoms with van der Waals surface area (Å²) in [7, 11) is 1.83. The molecule has 0 aliphatic carbocycles. The monoisotopic (exact) mass is 393 g/mol. The molecule has 0 aliphatic rings. The van der Waals surface area contributed by atoms with Gasteiger partial charge in [-0.15, -0.1) is 0 Å². The number of esters is 1. The molecule has 150 valence electrons. The van der Waals surface area contributed by atoms with Crippen LogP contribution in [0.25, 0.3) is 0 Å². The van der Waals surface area contributed by atoms with E-state index in [1.807, 2.05) is 7.05 Å². The molecule has 0 aromatic heterocycles. The summed E-state index contributed by atoms with van der Waals surface area (Å²) < 4.78 is 33.7. The quantitative estimate of drug-likeness (QED) is 0.641. The van der Waals surface area contributed by atoms with Gasteiger partial charge in [0.2, 0.25) is 0 Å². The number of halogens is 2. The summed E-state index contributed by atoms with van der Waals surface area (Å²) in [5.41, 5.74) is 1.57. The van der Waals surface area contributed by atoms with Gasteiger partial charge in [0.1, 0.15) is 12.3 Å². The molecule has 0 radical (unpaired) electrons. The molecule has 1 atom stereocenters. The van der Waals surface area contributed by atoms with Crippen LogP contribution in [0.5, 0.6) is 5.75 Å². The zero-order valence-corrected chi connectivity index (χ0v) is 15.7. The van der Waals surface area contributed by atoms with Crippen LogP contribution < -0.4 is 15.0 Å². The molecule has 0 aliphatic heterocycles. The fourth-order valence-electron chi connectivity index (χ4n) is 2.65. The van der Waals surface area contributed by atoms with Gasteiger partial charge < -0.3 is 19.7 Å². The third kappa shape index (κ3) is 6.62. The highest BCUT2D eigenvalue weighted by atomic mass is 19.3. The maximum absolute atomic E-state index is 12.3. The smallest absolute Gasteiger partial charge is 0.387 e. The topological polar surface area (TPSA) is 69.1 Å². The molecule has 0 bridgehead atoms. The van der Waals surface area contributed by atoms with Crippen molar-refractivity contribution in [2.24, 2.45) is 0 Å². The second-order valence-electron chi connectivity index (χ2n) is 6.15. The zero-order valence-electron chi connectivity index (χ0n) is 15.7. The lowest BCUT2D eigenvalue weighted by molar-refractivity contribution is -0.885. The molecular formula is C20H23F2N2O4+. The van der Waals surface area contributed by atoms with Crippen molar-refractivity contribution < 1.29 is 32.7 Å². The molecule has 28 heavy (non-hydrogen) atoms. The molecule has 2 rings (SSSR count). The van der Waals surface area contributed by atoms with Gasteiger partial charge in [-0.25, -0.2) is 4.79 Å². The molecule has 2 aromatic carbocycles. The Bertz CT molecular complexity index is 797. The lowest BCUT2D eigenvalue weighted by Gasteiger charge is -2.15. The number of alkyl halides is 2. The van der Waals surface area contributed by atoms with Gasteiger partial charge in [0.05, 0.1) is 24.9 Å². The Hall–Kier alpha value is -3.00. The van der Waals surface area contributed by atoms with E-state index in [9.17, 15) is 18.4 Å². The van der Waals surface area contributed by atoms with Crippen LogP contribution >= 0.6 is 0 Å². The molecule has 0 saturated heterocycles. The average Bonchev–Trinajstić information content (AvgIpc) is 2.63. The average molecular weight is 393 g/mol. The van der Waals surface area contributed by atoms with Crippen LogP contribution in [0.1, 0.15) is 22.8 Å². The van der Waals surface area contributed by atoms with E-state index in [2.05, 4.69) is 10.1 Å². The first-order chi connectivity index (χ1) is 13.4. The Balaban J connectivity index is 1.92. The Morgan fingerprint density at radius 1 is 1.11 bits per heavy atom. The predicted molar refractivity (Wildman–Crippen MR) is 99.6 cm³/mol. The van der Waals surface area contributed by atoms with E-state index in [1.54, 1.807) is 43.3 Å². The van der Waals surface area contributed by atoms with Crippen molar-refractivity contribution >= 4 is 17.6 Å². The van der Waals surface area contributed by atoms with Crippen LogP contribution in [-0.2, 0) is 16.1 Å². The predicted octanol–water partition coefficient (Wildman–Crippen LogP) is 2.12. The second kappa shape index (κ2) is 10.4. The van der Waals surface area contributed by atoms with E-state index < -0.39 is 12.6 Å². The third-order valence-corrected chi connectivity index (χ3v) is 3.81. The summed E-state index contributed by atoms with van der Waals surface area (Å²) in [6, 6.07) is 12.9. The number of quaternary nitrogens is 1. The first-order valence-electron chi connectivity index (χ1n) is 8.80. The number of para-hydroxylation sites is 1. The van der Waals surface area contributed by atoms with E-state index in [0.29, 0.717) is 17.8 Å². The molecule has 0 saturated carbocycles. The molecule has 2 N–H and O–H groups in total. The molecule has 1 unspecified atom stereocenters. The van der Waals surface area contributed by atoms with E-state index in [-0.39, 0.29) is 24.8 Å². The van der Waals surface area contributed by atoms with E-state index in [1.165, 1.54) is 12.1 Å². The lowest BCUT2D eigenvalue weighted by atomic mass is 10.1. The summed E-state index contributed by atoms with van der Waals surface area (Å²) in [5, 5.41) is 2.73. The second-order valence-corrected chi connectivity index (χ2v) is 6.15. The van der Waals surface area contributed by atoms with Gasteiger partial charge in [-0.1, -0.05) is 12.1 Å². The summed E-state index contributed by atoms with van der Waals surface area (Å²) in [6.07, 6.45) is 0. The SMILES string of the molecule is CCOC(=O)c1ccccc1NC(=O)C[NH+](C)Cc1ccc(OC(F)F)cc1. The zero-order chi connectivity index (χ0) is 20.5. The number of hydrogen-bond acceptors (Lipinski definition) is 4. The molecule has 1 amide bonds. The Labute approximate surface area is 162 Å². The number of anilines is 1. The van der Waals surface area contributed by atoms with Gasteiger partial charge in [-0.3, -0.25) is 4.79 Å². The maximum Gasteiger partial charge on any atom is 0.387 e. The number of carbonyl (C=O) groups excluding carboxylic acids is 2. The van der Waals surface area contributed by atoms with Crippen LogP contribution in [0.4, 0.5) is 14.5 Å². The number of likely N-dealkylation sites (N-methyl/N-ethyl adjacent to an activating group) is 1. The molecule has 0 fully saturated rings. The van der Waals surface area contributed by atoms with Crippen LogP contribution in [0, 0.1) is 0 Å². The molecule has 0 spiro atoms. The van der Waals surface area contributed by atoms with Crippen LogP contribution in [-0.4, -0.2) is 38.7 Å². The number of ether oxygens (including phenoxy) is 2. The number of nitrogens with one attached hydrogen (secondary N) is 2. The number of rotatable bonds is 9. The highest BCUT2D eigenvalue weighted by molar-refractivity contribution is 6.01. The minimum atomic E-state index is -2.86. The number of benzene rings is 2. The van der Waals surface area contributed by atoms with E-state index >= 15 is 0 Å². The van der Waals surface area contributed by atoms with Crippen molar-refractivity contribution in [3.63, 3.8) is 0 Å². The van der Waals surface area contributed by atoms with Crippen molar-refractivity contribution in [1.82, 2.24) is 0 Å². The number of carbonyl (C=O) groups is 2. The van der Waals surface area contributed by atoms with Gasteiger partial charge in [-0.2, -0.15) is 8.78 Å². The van der Waals surface area contributed by atoms with Crippen molar-refractivity contribution in [3.05, 3.63) is 59.7 Å². The first-order valence-corrected chi connectivity index (χ1v) is 8.80. The highest BCUT2D eigenvalue weighted by Gasteiger charge is 2.16. The summed E-state index contributed by atoms with van der Waals surface area (Å²) in [5.74, 6) is -0.665. The van der Waals surface area contributed by atoms with Gasteiger partial charge in [0.15, 0.2) is 6.54 Å². The largest absolute Gasteiger partial charge is 0.462 e. The van der Waals surface area contributed by atoms with Gasteiger partial charge >= 0.3 is 12.6 Å². The summed E-state index contributed by atoms with van der Waals surface area (Å²) in [4.78, 5) is 25.2. The fourth-order valence-corrected chi connectivity index (χ4v) is 2.65. The molecular weight excluding hydrogens is 370 g/mol. The Morgan fingerprint density at radius 2 is 1.79 bits per heavy atom. The normalized spacial score (nSPS) is 11.8. The van der Waals surface area contributed by atoms with E-state index in [4.69, 9.17) is 4.74 Å². The van der Waals surface area contributed by atoms with Gasteiger partial charge in [-0.05, 0) is 43.3 Å². The fraction of sp³-hybridized carbons (Fsp3) is 0.300. The molecule has 6 nitrogen and oxygen atoms in total. The van der Waals surface area contributed by atoms with Crippen molar-refractivity contribution in [2.75, 3.05) is 25.5 Å². The van der Waals surface area contributed by atoms with Crippen LogP contribution in [0.2, 0.25) is 0 Å². The number of amides is 1. The minimum Gasteiger partial charge on any atom is -0.462 e. The van der Waals surface area contributed by atoms with Crippen molar-refractivity contribution in [3.8, 4) is 5.75 Å². The minimum absolute atomic E-state index is 0.0877. The van der Waals surface area contributed by atoms with Crippen LogP contribution in [0.3, 0.4) is 0 Å². The standard InChI is InChI=1S/C20H22F2N2O4/c1-3-27-19(26)16-6-4-5-7-17(16)23-18(25)13-24(2)12-14-8-10-15(11-9-14)28-20(21)22/h4-11,20H,3,12-13H2,1-2H3,(H,23,25)/p+1. The lowest BCUT2D eigenvalue weighted by Crippen LogP contribution is -3.08. The molecule has 8 heteroatoms. The van der Waals surface area contributed by atoms with E-state index in [0.717, 1.165) is 10.5 Å². The number of hydrogen-bond donors (Lipinski definition) is 2. The van der Waals surface area contributed by atoms with Gasteiger partial charge in [0.25, 0.3) is 5.91 Å². The van der Waals surface area contributed by atoms with Gasteiger partial charge in [0, 0.05) is 5.56 Å². The Kier molecular flexibility index (Phi) is 7.88. The first kappa shape index (κ1) is 21.3. The molecule has 2 aromatic rings. The summed E-state index contributed by atoms with van der Waals surface area (Å²) >= 11 is 0. The summed E-state index contributed by atoms with van der Waals surface area (Å²) in [6.45, 7) is -0.229. The maximum atomic E-state index is 12.3.